The number of ether oxygens (including phenoxy) is 2. The summed E-state index contributed by atoms with van der Waals surface area (Å²) in [6.45, 7) is 6.73. The largest absolute Gasteiger partial charge is 0.445 e. The first-order valence-electron chi connectivity index (χ1n) is 24.9. The van der Waals surface area contributed by atoms with Crippen molar-refractivity contribution in [3.63, 3.8) is 0 Å². The summed E-state index contributed by atoms with van der Waals surface area (Å²) < 4.78 is 10.9. The van der Waals surface area contributed by atoms with Gasteiger partial charge in [-0.05, 0) is 79.8 Å². The molecular formula is C52H65N13O10. The van der Waals surface area contributed by atoms with E-state index >= 15 is 0 Å². The Kier molecular flexibility index (Phi) is 20.9. The summed E-state index contributed by atoms with van der Waals surface area (Å²) in [7, 11) is 0. The highest BCUT2D eigenvalue weighted by atomic mass is 16.5. The highest BCUT2D eigenvalue weighted by Gasteiger charge is 2.29. The molecule has 4 heterocycles. The second-order valence-electron chi connectivity index (χ2n) is 18.2. The van der Waals surface area contributed by atoms with Gasteiger partial charge >= 0.3 is 12.1 Å². The Bertz CT molecular complexity index is 2680. The fourth-order valence-electron chi connectivity index (χ4n) is 8.14. The zero-order valence-electron chi connectivity index (χ0n) is 42.1. The number of primary amides is 1. The van der Waals surface area contributed by atoms with E-state index in [0.29, 0.717) is 94.0 Å². The van der Waals surface area contributed by atoms with Crippen LogP contribution in [-0.4, -0.2) is 125 Å². The van der Waals surface area contributed by atoms with Gasteiger partial charge in [-0.25, -0.2) is 19.6 Å². The molecule has 4 aromatic rings. The Labute approximate surface area is 434 Å². The summed E-state index contributed by atoms with van der Waals surface area (Å²) in [6, 6.07) is 13.3. The number of rotatable bonds is 26. The van der Waals surface area contributed by atoms with E-state index in [9.17, 15) is 38.4 Å². The number of hydrogen-bond acceptors (Lipinski definition) is 15. The van der Waals surface area contributed by atoms with Crippen molar-refractivity contribution in [1.82, 2.24) is 41.1 Å². The molecular weight excluding hydrogens is 967 g/mol. The van der Waals surface area contributed by atoms with E-state index in [4.69, 9.17) is 20.9 Å². The van der Waals surface area contributed by atoms with Crippen molar-refractivity contribution in [2.45, 2.75) is 83.9 Å². The van der Waals surface area contributed by atoms with Crippen molar-refractivity contribution in [2.24, 2.45) is 11.7 Å². The quantitative estimate of drug-likeness (QED) is 0.0329. The topological polar surface area (TPSA) is 324 Å². The Morgan fingerprint density at radius 1 is 0.813 bits per heavy atom. The first kappa shape index (κ1) is 55.8. The number of hydrogen-bond donors (Lipinski definition) is 8. The average molecular weight is 1030 g/mol. The van der Waals surface area contributed by atoms with Crippen LogP contribution in [0.3, 0.4) is 0 Å². The van der Waals surface area contributed by atoms with Gasteiger partial charge in [0.2, 0.25) is 17.7 Å². The standard InChI is InChI=1S/C52H65N13O10/c1-33(2)45(63-42(66)13-4-3-5-24-65-43(67)18-19-44(65)68)49(70)61-38(12-8-21-56-51(54)72)48(69)59-37-16-14-35(15-17-37)32-75-52(73)57-22-7-10-34-9-6-11-36(29-34)39-31-58-47(53)46(60-39)50(71)62-40-30-55-23-20-41(40)64-25-27-74-28-26-64/h6,9,11,14-20,23,29-31,33,38,45H,3-5,7-8,10,12-13,21-22,24-28,32H2,1-2H3,(H2,53,58)(H,57,73)(H,59,69)(H,61,70)(H,62,71)(H,63,66)(H3,54,56,72)/t38-,45?/m0/s1. The number of morpholine rings is 1. The van der Waals surface area contributed by atoms with Crippen LogP contribution in [0.25, 0.3) is 11.3 Å². The lowest BCUT2D eigenvalue weighted by molar-refractivity contribution is -0.137. The normalized spacial score (nSPS) is 14.0. The number of aromatic nitrogens is 3. The van der Waals surface area contributed by atoms with Gasteiger partial charge in [-0.15, -0.1) is 0 Å². The molecule has 23 heteroatoms. The fraction of sp³-hybridized carbons (Fsp3) is 0.404. The molecule has 2 aromatic carbocycles. The lowest BCUT2D eigenvalue weighted by Crippen LogP contribution is -2.54. The molecule has 1 unspecified atom stereocenters. The van der Waals surface area contributed by atoms with E-state index in [2.05, 4.69) is 51.8 Å². The Morgan fingerprint density at radius 3 is 2.29 bits per heavy atom. The number of alkyl carbamates (subject to hydrolysis) is 1. The molecule has 10 N–H and O–H groups in total. The first-order valence-corrected chi connectivity index (χ1v) is 24.9. The minimum absolute atomic E-state index is 0.0156. The van der Waals surface area contributed by atoms with Crippen molar-refractivity contribution in [2.75, 3.05) is 67.2 Å². The van der Waals surface area contributed by atoms with Crippen molar-refractivity contribution < 1.29 is 47.8 Å². The third-order valence-corrected chi connectivity index (χ3v) is 12.2. The molecule has 0 saturated carbocycles. The van der Waals surface area contributed by atoms with Crippen molar-refractivity contribution in [3.8, 4) is 11.3 Å². The van der Waals surface area contributed by atoms with Crippen LogP contribution in [0.15, 0.2) is 85.3 Å². The van der Waals surface area contributed by atoms with Crippen LogP contribution in [0.5, 0.6) is 0 Å². The molecule has 2 aromatic heterocycles. The molecule has 6 rings (SSSR count). The number of nitrogens with one attached hydrogen (secondary N) is 6. The van der Waals surface area contributed by atoms with Gasteiger partial charge in [-0.1, -0.05) is 50.6 Å². The number of aryl methyl sites for hydroxylation is 1. The van der Waals surface area contributed by atoms with Crippen molar-refractivity contribution >= 4 is 70.4 Å². The fourth-order valence-corrected chi connectivity index (χ4v) is 8.14. The van der Waals surface area contributed by atoms with Gasteiger partial charge in [-0.2, -0.15) is 0 Å². The molecule has 23 nitrogen and oxygen atoms in total. The number of unbranched alkanes of at least 4 members (excludes halogenated alkanes) is 2. The van der Waals surface area contributed by atoms with Crippen LogP contribution in [0, 0.1) is 5.92 Å². The van der Waals surface area contributed by atoms with Crippen LogP contribution in [0.1, 0.15) is 80.4 Å². The molecule has 0 radical (unpaired) electrons. The number of nitrogen functional groups attached to an aromatic ring is 1. The zero-order chi connectivity index (χ0) is 53.7. The lowest BCUT2D eigenvalue weighted by atomic mass is 10.0. The Balaban J connectivity index is 0.931. The number of carbonyl (C=O) groups is 8. The molecule has 0 bridgehead atoms. The summed E-state index contributed by atoms with van der Waals surface area (Å²) in [6.07, 6.45) is 9.92. The minimum Gasteiger partial charge on any atom is -0.445 e. The maximum absolute atomic E-state index is 13.6. The van der Waals surface area contributed by atoms with Gasteiger partial charge in [0.05, 0.1) is 42.7 Å². The molecule has 0 aliphatic carbocycles. The number of pyridine rings is 1. The number of imide groups is 1. The number of carbonyl (C=O) groups excluding carboxylic acids is 8. The molecule has 2 aliphatic heterocycles. The SMILES string of the molecule is CC(C)C(NC(=O)CCCCCN1C(=O)C=CC1=O)C(=O)N[C@@H](CCCNC(N)=O)C(=O)Nc1ccc(COC(=O)NCCCc2cccc(-c3cnc(N)c(C(=O)Nc4cnccc4N4CCOCC4)n3)c2)cc1. The lowest BCUT2D eigenvalue weighted by Gasteiger charge is -2.30. The maximum Gasteiger partial charge on any atom is 0.407 e. The summed E-state index contributed by atoms with van der Waals surface area (Å²) in [5.74, 6) is -3.05. The molecule has 2 aliphatic rings. The Hall–Kier alpha value is -8.47. The van der Waals surface area contributed by atoms with Crippen molar-refractivity contribution in [1.29, 1.82) is 0 Å². The number of nitrogens with zero attached hydrogens (tertiary/aromatic N) is 5. The van der Waals surface area contributed by atoms with Gasteiger partial charge in [0.25, 0.3) is 17.7 Å². The second-order valence-corrected chi connectivity index (χ2v) is 18.2. The third-order valence-electron chi connectivity index (χ3n) is 12.2. The second kappa shape index (κ2) is 28.1. The Morgan fingerprint density at radius 2 is 1.56 bits per heavy atom. The number of nitrogens with two attached hydrogens (primary N) is 2. The monoisotopic (exact) mass is 1030 g/mol. The first-order chi connectivity index (χ1) is 36.1. The molecule has 1 fully saturated rings. The van der Waals surface area contributed by atoms with Crippen LogP contribution < -0.4 is 48.3 Å². The summed E-state index contributed by atoms with van der Waals surface area (Å²) in [4.78, 5) is 117. The molecule has 398 valence electrons. The number of amides is 9. The van der Waals surface area contributed by atoms with E-state index in [0.717, 1.165) is 21.7 Å². The third kappa shape index (κ3) is 17.3. The summed E-state index contributed by atoms with van der Waals surface area (Å²) >= 11 is 0. The summed E-state index contributed by atoms with van der Waals surface area (Å²) in [5, 5.41) is 16.4. The minimum atomic E-state index is -1.05. The number of benzene rings is 2. The number of anilines is 4. The predicted molar refractivity (Wildman–Crippen MR) is 279 cm³/mol. The van der Waals surface area contributed by atoms with E-state index in [1.165, 1.54) is 18.3 Å². The molecule has 1 saturated heterocycles. The number of urea groups is 1. The maximum atomic E-state index is 13.6. The summed E-state index contributed by atoms with van der Waals surface area (Å²) in [5.41, 5.74) is 15.9. The van der Waals surface area contributed by atoms with Crippen LogP contribution in [-0.2, 0) is 46.5 Å². The molecule has 9 amide bonds. The van der Waals surface area contributed by atoms with E-state index < -0.39 is 41.9 Å². The average Bonchev–Trinajstić information content (AvgIpc) is 3.72. The smallest absolute Gasteiger partial charge is 0.407 e. The molecule has 0 spiro atoms. The van der Waals surface area contributed by atoms with Crippen LogP contribution in [0.4, 0.5) is 32.5 Å². The predicted octanol–water partition coefficient (Wildman–Crippen LogP) is 3.57. The molecule has 2 atom stereocenters. The van der Waals surface area contributed by atoms with Gasteiger partial charge in [0.1, 0.15) is 18.7 Å². The van der Waals surface area contributed by atoms with Gasteiger partial charge in [0, 0.05) is 68.7 Å². The molecule has 75 heavy (non-hydrogen) atoms. The van der Waals surface area contributed by atoms with Gasteiger partial charge in [-0.3, -0.25) is 38.7 Å². The highest BCUT2D eigenvalue weighted by Crippen LogP contribution is 2.27. The highest BCUT2D eigenvalue weighted by molar-refractivity contribution is 6.13. The van der Waals surface area contributed by atoms with E-state index in [1.54, 1.807) is 50.5 Å². The van der Waals surface area contributed by atoms with Crippen molar-refractivity contribution in [3.05, 3.63) is 102 Å². The van der Waals surface area contributed by atoms with Crippen LogP contribution >= 0.6 is 0 Å². The van der Waals surface area contributed by atoms with Gasteiger partial charge in [0.15, 0.2) is 11.5 Å². The van der Waals surface area contributed by atoms with E-state index in [-0.39, 0.29) is 67.7 Å². The van der Waals surface area contributed by atoms with E-state index in [1.807, 2.05) is 30.3 Å². The van der Waals surface area contributed by atoms with Crippen LogP contribution in [0.2, 0.25) is 0 Å². The van der Waals surface area contributed by atoms with Gasteiger partial charge < -0.3 is 57.7 Å². The zero-order valence-corrected chi connectivity index (χ0v) is 42.1.